The number of aryl methyl sites for hydroxylation is 1. The number of anilines is 1. The monoisotopic (exact) mass is 363 g/mol. The van der Waals surface area contributed by atoms with Gasteiger partial charge in [0.1, 0.15) is 11.5 Å². The minimum absolute atomic E-state index is 0.0326. The number of hydrogen-bond donors (Lipinski definition) is 1. The average Bonchev–Trinajstić information content (AvgIpc) is 2.53. The van der Waals surface area contributed by atoms with Gasteiger partial charge < -0.3 is 14.8 Å². The first-order valence-corrected chi connectivity index (χ1v) is 7.76. The van der Waals surface area contributed by atoms with Crippen LogP contribution in [0.3, 0.4) is 0 Å². The van der Waals surface area contributed by atoms with Crippen molar-refractivity contribution in [3.63, 3.8) is 0 Å². The molecule has 2 rings (SSSR count). The van der Waals surface area contributed by atoms with Gasteiger partial charge in [-0.3, -0.25) is 4.79 Å². The zero-order chi connectivity index (χ0) is 15.9. The normalized spacial score (nSPS) is 10.1. The van der Waals surface area contributed by atoms with Gasteiger partial charge in [0, 0.05) is 5.69 Å². The molecule has 1 amide bonds. The van der Waals surface area contributed by atoms with E-state index in [4.69, 9.17) is 9.47 Å². The van der Waals surface area contributed by atoms with E-state index in [-0.39, 0.29) is 12.5 Å². The second-order valence-corrected chi connectivity index (χ2v) is 5.54. The molecule has 0 radical (unpaired) electrons. The van der Waals surface area contributed by atoms with Crippen LogP contribution in [0.1, 0.15) is 12.5 Å². The molecule has 0 atom stereocenters. The second-order valence-electron chi connectivity index (χ2n) is 4.68. The molecule has 116 valence electrons. The SMILES string of the molecule is CCc1ccc(OCC(=O)Nc2ccc(OC)c(Br)c2)cc1. The molecule has 0 saturated heterocycles. The Morgan fingerprint density at radius 3 is 2.50 bits per heavy atom. The summed E-state index contributed by atoms with van der Waals surface area (Å²) in [5.41, 5.74) is 1.92. The van der Waals surface area contributed by atoms with Crippen LogP contribution >= 0.6 is 15.9 Å². The predicted molar refractivity (Wildman–Crippen MR) is 90.6 cm³/mol. The summed E-state index contributed by atoms with van der Waals surface area (Å²) >= 11 is 3.38. The molecular formula is C17H18BrNO3. The zero-order valence-electron chi connectivity index (χ0n) is 12.6. The van der Waals surface area contributed by atoms with Gasteiger partial charge in [0.05, 0.1) is 11.6 Å². The van der Waals surface area contributed by atoms with Gasteiger partial charge in [-0.15, -0.1) is 0 Å². The van der Waals surface area contributed by atoms with Gasteiger partial charge in [-0.05, 0) is 58.2 Å². The highest BCUT2D eigenvalue weighted by atomic mass is 79.9. The van der Waals surface area contributed by atoms with Crippen LogP contribution in [0.2, 0.25) is 0 Å². The molecule has 0 saturated carbocycles. The minimum Gasteiger partial charge on any atom is -0.496 e. The number of halogens is 1. The Balaban J connectivity index is 1.88. The lowest BCUT2D eigenvalue weighted by atomic mass is 10.2. The van der Waals surface area contributed by atoms with Crippen LogP contribution in [0, 0.1) is 0 Å². The maximum Gasteiger partial charge on any atom is 0.262 e. The molecule has 0 aromatic heterocycles. The summed E-state index contributed by atoms with van der Waals surface area (Å²) in [6.07, 6.45) is 0.979. The number of carbonyl (C=O) groups is 1. The molecule has 0 fully saturated rings. The fraction of sp³-hybridized carbons (Fsp3) is 0.235. The topological polar surface area (TPSA) is 47.6 Å². The molecule has 0 spiro atoms. The summed E-state index contributed by atoms with van der Waals surface area (Å²) in [5.74, 6) is 1.19. The van der Waals surface area contributed by atoms with Crippen LogP contribution in [0.5, 0.6) is 11.5 Å². The third-order valence-electron chi connectivity index (χ3n) is 3.14. The van der Waals surface area contributed by atoms with Crippen molar-refractivity contribution in [1.29, 1.82) is 0 Å². The van der Waals surface area contributed by atoms with E-state index in [1.807, 2.05) is 24.3 Å². The van der Waals surface area contributed by atoms with Crippen molar-refractivity contribution in [2.45, 2.75) is 13.3 Å². The highest BCUT2D eigenvalue weighted by Crippen LogP contribution is 2.27. The maximum absolute atomic E-state index is 11.9. The van der Waals surface area contributed by atoms with Crippen LogP contribution in [-0.2, 0) is 11.2 Å². The lowest BCUT2D eigenvalue weighted by Gasteiger charge is -2.09. The standard InChI is InChI=1S/C17H18BrNO3/c1-3-12-4-7-14(8-5-12)22-11-17(20)19-13-6-9-16(21-2)15(18)10-13/h4-10H,3,11H2,1-2H3,(H,19,20). The van der Waals surface area contributed by atoms with Crippen LogP contribution < -0.4 is 14.8 Å². The third kappa shape index (κ3) is 4.49. The highest BCUT2D eigenvalue weighted by molar-refractivity contribution is 9.10. The van der Waals surface area contributed by atoms with E-state index in [0.717, 1.165) is 10.9 Å². The molecule has 22 heavy (non-hydrogen) atoms. The summed E-state index contributed by atoms with van der Waals surface area (Å²) in [6, 6.07) is 13.1. The minimum atomic E-state index is -0.211. The number of rotatable bonds is 6. The van der Waals surface area contributed by atoms with E-state index in [9.17, 15) is 4.79 Å². The molecule has 1 N–H and O–H groups in total. The van der Waals surface area contributed by atoms with Crippen molar-refractivity contribution in [2.75, 3.05) is 19.0 Å². The van der Waals surface area contributed by atoms with Gasteiger partial charge in [0.15, 0.2) is 6.61 Å². The molecule has 0 bridgehead atoms. The Hall–Kier alpha value is -2.01. The van der Waals surface area contributed by atoms with Gasteiger partial charge in [-0.25, -0.2) is 0 Å². The summed E-state index contributed by atoms with van der Waals surface area (Å²) in [7, 11) is 1.59. The Kier molecular flexibility index (Phi) is 5.83. The average molecular weight is 364 g/mol. The molecule has 5 heteroatoms. The largest absolute Gasteiger partial charge is 0.496 e. The molecule has 0 aliphatic rings. The number of benzene rings is 2. The molecule has 0 heterocycles. The van der Waals surface area contributed by atoms with Crippen LogP contribution in [0.4, 0.5) is 5.69 Å². The smallest absolute Gasteiger partial charge is 0.262 e. The second kappa shape index (κ2) is 7.84. The summed E-state index contributed by atoms with van der Waals surface area (Å²) in [4.78, 5) is 11.9. The molecule has 0 aliphatic carbocycles. The Bertz CT molecular complexity index is 641. The van der Waals surface area contributed by atoms with Gasteiger partial charge in [-0.2, -0.15) is 0 Å². The molecule has 0 unspecified atom stereocenters. The molecule has 2 aromatic carbocycles. The Labute approximate surface area is 138 Å². The predicted octanol–water partition coefficient (Wildman–Crippen LogP) is 4.04. The molecule has 0 aliphatic heterocycles. The van der Waals surface area contributed by atoms with E-state index in [1.54, 1.807) is 25.3 Å². The lowest BCUT2D eigenvalue weighted by Crippen LogP contribution is -2.20. The number of amides is 1. The zero-order valence-corrected chi connectivity index (χ0v) is 14.1. The van der Waals surface area contributed by atoms with Gasteiger partial charge in [0.25, 0.3) is 5.91 Å². The number of hydrogen-bond acceptors (Lipinski definition) is 3. The Morgan fingerprint density at radius 2 is 1.91 bits per heavy atom. The van der Waals surface area contributed by atoms with Crippen LogP contribution in [0.25, 0.3) is 0 Å². The quantitative estimate of drug-likeness (QED) is 0.842. The number of nitrogens with one attached hydrogen (secondary N) is 1. The Morgan fingerprint density at radius 1 is 1.18 bits per heavy atom. The van der Waals surface area contributed by atoms with Crippen molar-refractivity contribution in [2.24, 2.45) is 0 Å². The molecular weight excluding hydrogens is 346 g/mol. The highest BCUT2D eigenvalue weighted by Gasteiger charge is 2.06. The first-order chi connectivity index (χ1) is 10.6. The van der Waals surface area contributed by atoms with Crippen molar-refractivity contribution in [3.05, 3.63) is 52.5 Å². The first kappa shape index (κ1) is 16.4. The van der Waals surface area contributed by atoms with Crippen LogP contribution in [-0.4, -0.2) is 19.6 Å². The molecule has 2 aromatic rings. The summed E-state index contributed by atoms with van der Waals surface area (Å²) in [6.45, 7) is 2.06. The van der Waals surface area contributed by atoms with Crippen molar-refractivity contribution in [3.8, 4) is 11.5 Å². The fourth-order valence-electron chi connectivity index (χ4n) is 1.91. The van der Waals surface area contributed by atoms with Gasteiger partial charge >= 0.3 is 0 Å². The van der Waals surface area contributed by atoms with E-state index in [2.05, 4.69) is 28.2 Å². The molecule has 4 nitrogen and oxygen atoms in total. The van der Waals surface area contributed by atoms with Gasteiger partial charge in [0.2, 0.25) is 0 Å². The van der Waals surface area contributed by atoms with Crippen molar-refractivity contribution in [1.82, 2.24) is 0 Å². The summed E-state index contributed by atoms with van der Waals surface area (Å²) < 4.78 is 11.4. The fourth-order valence-corrected chi connectivity index (χ4v) is 2.45. The van der Waals surface area contributed by atoms with Gasteiger partial charge in [-0.1, -0.05) is 19.1 Å². The van der Waals surface area contributed by atoms with Crippen molar-refractivity contribution >= 4 is 27.5 Å². The number of ether oxygens (including phenoxy) is 2. The van der Waals surface area contributed by atoms with Crippen molar-refractivity contribution < 1.29 is 14.3 Å². The maximum atomic E-state index is 11.9. The lowest BCUT2D eigenvalue weighted by molar-refractivity contribution is -0.118. The third-order valence-corrected chi connectivity index (χ3v) is 3.76. The summed E-state index contributed by atoms with van der Waals surface area (Å²) in [5, 5.41) is 2.78. The first-order valence-electron chi connectivity index (χ1n) is 6.97. The number of carbonyl (C=O) groups excluding carboxylic acids is 1. The van der Waals surface area contributed by atoms with E-state index < -0.39 is 0 Å². The van der Waals surface area contributed by atoms with E-state index in [0.29, 0.717) is 17.2 Å². The van der Waals surface area contributed by atoms with E-state index in [1.165, 1.54) is 5.56 Å². The van der Waals surface area contributed by atoms with E-state index >= 15 is 0 Å². The van der Waals surface area contributed by atoms with Crippen LogP contribution in [0.15, 0.2) is 46.9 Å². The number of methoxy groups -OCH3 is 1.